The van der Waals surface area contributed by atoms with Crippen LogP contribution in [0.3, 0.4) is 0 Å². The summed E-state index contributed by atoms with van der Waals surface area (Å²) in [6.07, 6.45) is 8.31. The average molecular weight is 230 g/mol. The lowest BCUT2D eigenvalue weighted by molar-refractivity contribution is -0.119. The molecular weight excluding hydrogens is 208 g/mol. The fourth-order valence-corrected chi connectivity index (χ4v) is 2.63. The van der Waals surface area contributed by atoms with Crippen LogP contribution in [-0.4, -0.2) is 30.5 Å². The molecule has 1 rings (SSSR count). The molecular formula is C11H22N2OS. The van der Waals surface area contributed by atoms with Crippen LogP contribution in [0.1, 0.15) is 32.1 Å². The number of hydrogen-bond donors (Lipinski definition) is 2. The number of carbonyl (C=O) groups is 1. The minimum absolute atomic E-state index is 0.128. The zero-order valence-corrected chi connectivity index (χ0v) is 10.3. The van der Waals surface area contributed by atoms with Gasteiger partial charge >= 0.3 is 0 Å². The molecule has 1 aliphatic rings. The number of rotatable bonds is 5. The Morgan fingerprint density at radius 1 is 1.47 bits per heavy atom. The summed E-state index contributed by atoms with van der Waals surface area (Å²) in [6, 6.07) is 0.199. The summed E-state index contributed by atoms with van der Waals surface area (Å²) in [7, 11) is 0. The molecule has 1 fully saturated rings. The smallest absolute Gasteiger partial charge is 0.230 e. The largest absolute Gasteiger partial charge is 0.351 e. The lowest BCUT2D eigenvalue weighted by Crippen LogP contribution is -2.46. The van der Waals surface area contributed by atoms with Crippen molar-refractivity contribution < 1.29 is 4.79 Å². The van der Waals surface area contributed by atoms with Gasteiger partial charge in [0, 0.05) is 12.6 Å². The maximum atomic E-state index is 11.5. The number of hydrogen-bond acceptors (Lipinski definition) is 3. The van der Waals surface area contributed by atoms with E-state index in [1.54, 1.807) is 11.8 Å². The summed E-state index contributed by atoms with van der Waals surface area (Å²) < 4.78 is 0. The highest BCUT2D eigenvalue weighted by Crippen LogP contribution is 2.26. The van der Waals surface area contributed by atoms with E-state index >= 15 is 0 Å². The van der Waals surface area contributed by atoms with Crippen molar-refractivity contribution in [2.24, 2.45) is 11.7 Å². The quantitative estimate of drug-likeness (QED) is 0.750. The summed E-state index contributed by atoms with van der Waals surface area (Å²) in [5, 5.41) is 3.05. The van der Waals surface area contributed by atoms with Gasteiger partial charge in [-0.05, 0) is 25.0 Å². The Morgan fingerprint density at radius 2 is 2.13 bits per heavy atom. The molecule has 15 heavy (non-hydrogen) atoms. The fourth-order valence-electron chi connectivity index (χ4n) is 2.29. The molecule has 88 valence electrons. The standard InChI is InChI=1S/C11H22N2OS/c1-15-8-11(14)13-10(7-12)9-5-3-2-4-6-9/h9-10H,2-8,12H2,1H3,(H,13,14). The third-order valence-electron chi connectivity index (χ3n) is 3.09. The Hall–Kier alpha value is -0.220. The van der Waals surface area contributed by atoms with Crippen LogP contribution in [0.25, 0.3) is 0 Å². The second kappa shape index (κ2) is 7.12. The molecule has 0 aromatic carbocycles. The highest BCUT2D eigenvalue weighted by Gasteiger charge is 2.23. The number of carbonyl (C=O) groups excluding carboxylic acids is 1. The molecule has 4 heteroatoms. The Labute approximate surface area is 96.6 Å². The lowest BCUT2D eigenvalue weighted by Gasteiger charge is -2.30. The van der Waals surface area contributed by atoms with Gasteiger partial charge in [0.1, 0.15) is 0 Å². The van der Waals surface area contributed by atoms with Crippen LogP contribution in [-0.2, 0) is 4.79 Å². The van der Waals surface area contributed by atoms with Crippen molar-refractivity contribution in [1.82, 2.24) is 5.32 Å². The van der Waals surface area contributed by atoms with Gasteiger partial charge < -0.3 is 11.1 Å². The third kappa shape index (κ3) is 4.43. The first-order valence-corrected chi connectivity index (χ1v) is 7.15. The fraction of sp³-hybridized carbons (Fsp3) is 0.909. The van der Waals surface area contributed by atoms with Crippen molar-refractivity contribution in [2.45, 2.75) is 38.1 Å². The summed E-state index contributed by atoms with van der Waals surface area (Å²) in [5.74, 6) is 1.28. The number of thioether (sulfide) groups is 1. The molecule has 1 saturated carbocycles. The zero-order chi connectivity index (χ0) is 11.1. The maximum absolute atomic E-state index is 11.5. The molecule has 0 saturated heterocycles. The van der Waals surface area contributed by atoms with E-state index in [0.29, 0.717) is 18.2 Å². The van der Waals surface area contributed by atoms with Crippen LogP contribution < -0.4 is 11.1 Å². The minimum atomic E-state index is 0.128. The van der Waals surface area contributed by atoms with Gasteiger partial charge in [0.2, 0.25) is 5.91 Å². The first-order valence-electron chi connectivity index (χ1n) is 5.76. The molecule has 1 amide bonds. The van der Waals surface area contributed by atoms with Crippen LogP contribution in [0.4, 0.5) is 0 Å². The van der Waals surface area contributed by atoms with Crippen LogP contribution >= 0.6 is 11.8 Å². The van der Waals surface area contributed by atoms with E-state index in [2.05, 4.69) is 5.32 Å². The van der Waals surface area contributed by atoms with Gasteiger partial charge in [-0.1, -0.05) is 19.3 Å². The van der Waals surface area contributed by atoms with Crippen molar-refractivity contribution >= 4 is 17.7 Å². The molecule has 0 radical (unpaired) electrons. The van der Waals surface area contributed by atoms with Crippen LogP contribution in [0.2, 0.25) is 0 Å². The van der Waals surface area contributed by atoms with E-state index in [1.165, 1.54) is 32.1 Å². The highest BCUT2D eigenvalue weighted by molar-refractivity contribution is 7.99. The van der Waals surface area contributed by atoms with E-state index in [1.807, 2.05) is 6.26 Å². The predicted octanol–water partition coefficient (Wildman–Crippen LogP) is 1.37. The van der Waals surface area contributed by atoms with Crippen LogP contribution in [0, 0.1) is 5.92 Å². The molecule has 1 aliphatic carbocycles. The molecule has 0 heterocycles. The third-order valence-corrected chi connectivity index (χ3v) is 3.65. The second-order valence-electron chi connectivity index (χ2n) is 4.24. The normalized spacial score (nSPS) is 19.9. The minimum Gasteiger partial charge on any atom is -0.351 e. The Kier molecular flexibility index (Phi) is 6.10. The SMILES string of the molecule is CSCC(=O)NC(CN)C1CCCCC1. The Bertz CT molecular complexity index is 193. The van der Waals surface area contributed by atoms with Gasteiger partial charge in [-0.25, -0.2) is 0 Å². The van der Waals surface area contributed by atoms with Crippen molar-refractivity contribution in [1.29, 1.82) is 0 Å². The van der Waals surface area contributed by atoms with Gasteiger partial charge in [-0.2, -0.15) is 11.8 Å². The molecule has 1 unspecified atom stereocenters. The second-order valence-corrected chi connectivity index (χ2v) is 5.11. The summed E-state index contributed by atoms with van der Waals surface area (Å²) in [5.41, 5.74) is 5.73. The van der Waals surface area contributed by atoms with Crippen molar-refractivity contribution in [3.8, 4) is 0 Å². The summed E-state index contributed by atoms with van der Waals surface area (Å²) >= 11 is 1.56. The maximum Gasteiger partial charge on any atom is 0.230 e. The van der Waals surface area contributed by atoms with Crippen LogP contribution in [0.5, 0.6) is 0 Å². The highest BCUT2D eigenvalue weighted by atomic mass is 32.2. The van der Waals surface area contributed by atoms with E-state index in [4.69, 9.17) is 5.73 Å². The molecule has 1 atom stereocenters. The van der Waals surface area contributed by atoms with Crippen molar-refractivity contribution in [3.63, 3.8) is 0 Å². The van der Waals surface area contributed by atoms with Gasteiger partial charge in [-0.3, -0.25) is 4.79 Å². The Balaban J connectivity index is 2.36. The molecule has 0 bridgehead atoms. The number of nitrogens with two attached hydrogens (primary N) is 1. The summed E-state index contributed by atoms with van der Waals surface area (Å²) in [4.78, 5) is 11.5. The first-order chi connectivity index (χ1) is 7.27. The molecule has 0 aromatic rings. The molecule has 0 aromatic heterocycles. The monoisotopic (exact) mass is 230 g/mol. The summed E-state index contributed by atoms with van der Waals surface area (Å²) in [6.45, 7) is 0.574. The molecule has 0 spiro atoms. The van der Waals surface area contributed by atoms with Crippen LogP contribution in [0.15, 0.2) is 0 Å². The topological polar surface area (TPSA) is 55.1 Å². The lowest BCUT2D eigenvalue weighted by atomic mass is 9.84. The van der Waals surface area contributed by atoms with Gasteiger partial charge in [0.05, 0.1) is 5.75 Å². The van der Waals surface area contributed by atoms with Gasteiger partial charge in [-0.15, -0.1) is 0 Å². The molecule has 3 N–H and O–H groups in total. The Morgan fingerprint density at radius 3 is 2.67 bits per heavy atom. The predicted molar refractivity (Wildman–Crippen MR) is 65.9 cm³/mol. The zero-order valence-electron chi connectivity index (χ0n) is 9.50. The number of nitrogens with one attached hydrogen (secondary N) is 1. The average Bonchev–Trinajstić information content (AvgIpc) is 2.27. The molecule has 3 nitrogen and oxygen atoms in total. The molecule has 0 aliphatic heterocycles. The number of amides is 1. The van der Waals surface area contributed by atoms with E-state index in [-0.39, 0.29) is 11.9 Å². The van der Waals surface area contributed by atoms with Gasteiger partial charge in [0.25, 0.3) is 0 Å². The van der Waals surface area contributed by atoms with Gasteiger partial charge in [0.15, 0.2) is 0 Å². The van der Waals surface area contributed by atoms with Crippen molar-refractivity contribution in [2.75, 3.05) is 18.6 Å². The van der Waals surface area contributed by atoms with E-state index < -0.39 is 0 Å². The van der Waals surface area contributed by atoms with Crippen molar-refractivity contribution in [3.05, 3.63) is 0 Å². The van der Waals surface area contributed by atoms with E-state index in [9.17, 15) is 4.79 Å². The van der Waals surface area contributed by atoms with E-state index in [0.717, 1.165) is 0 Å². The first kappa shape index (κ1) is 12.8.